The highest BCUT2D eigenvalue weighted by Crippen LogP contribution is 2.23. The van der Waals surface area contributed by atoms with Gasteiger partial charge in [0, 0.05) is 13.6 Å². The number of nitrogens with one attached hydrogen (secondary N) is 1. The Hall–Kier alpha value is -0.940. The zero-order chi connectivity index (χ0) is 9.35. The van der Waals surface area contributed by atoms with Crippen molar-refractivity contribution in [1.29, 1.82) is 0 Å². The number of carbonyl (C=O) groups excluding carboxylic acids is 1. The van der Waals surface area contributed by atoms with Gasteiger partial charge in [0.2, 0.25) is 0 Å². The lowest BCUT2D eigenvalue weighted by Gasteiger charge is -2.11. The second-order valence-electron chi connectivity index (χ2n) is 2.85. The smallest absolute Gasteiger partial charge is 0.333 e. The molecule has 12 heavy (non-hydrogen) atoms. The number of halogens is 3. The van der Waals surface area contributed by atoms with Gasteiger partial charge in [-0.3, -0.25) is 0 Å². The summed E-state index contributed by atoms with van der Waals surface area (Å²) in [7, 11) is 1.46. The Balaban J connectivity index is 2.43. The van der Waals surface area contributed by atoms with E-state index in [0.717, 1.165) is 0 Å². The zero-order valence-corrected chi connectivity index (χ0v) is 6.48. The molecule has 1 atom stereocenters. The maximum atomic E-state index is 11.8. The second kappa shape index (κ2) is 2.84. The fraction of sp³-hybridized carbons (Fsp3) is 0.833. The molecule has 70 valence electrons. The van der Waals surface area contributed by atoms with Gasteiger partial charge in [-0.05, 0) is 0 Å². The van der Waals surface area contributed by atoms with E-state index < -0.39 is 24.7 Å². The molecule has 0 aliphatic carbocycles. The predicted octanol–water partition coefficient (Wildman–Crippen LogP) is 0.962. The number of rotatable bonds is 1. The highest BCUT2D eigenvalue weighted by Gasteiger charge is 2.36. The van der Waals surface area contributed by atoms with Gasteiger partial charge in [0.05, 0.1) is 12.5 Å². The van der Waals surface area contributed by atoms with Crippen molar-refractivity contribution in [2.75, 3.05) is 13.6 Å². The summed E-state index contributed by atoms with van der Waals surface area (Å²) in [4.78, 5) is 12.0. The molecule has 0 aromatic carbocycles. The summed E-state index contributed by atoms with van der Waals surface area (Å²) in [5.74, 6) is 0. The number of carbonyl (C=O) groups is 1. The Morgan fingerprint density at radius 3 is 2.58 bits per heavy atom. The van der Waals surface area contributed by atoms with Crippen LogP contribution in [0.4, 0.5) is 18.0 Å². The minimum Gasteiger partial charge on any atom is -0.333 e. The number of amides is 2. The van der Waals surface area contributed by atoms with Crippen LogP contribution < -0.4 is 5.32 Å². The summed E-state index contributed by atoms with van der Waals surface area (Å²) in [6, 6.07) is -1.23. The van der Waals surface area contributed by atoms with E-state index in [9.17, 15) is 18.0 Å². The first-order chi connectivity index (χ1) is 5.38. The third-order valence-corrected chi connectivity index (χ3v) is 1.65. The van der Waals surface area contributed by atoms with E-state index in [1.54, 1.807) is 0 Å². The van der Waals surface area contributed by atoms with Crippen molar-refractivity contribution in [1.82, 2.24) is 10.2 Å². The molecule has 0 aromatic heterocycles. The zero-order valence-electron chi connectivity index (χ0n) is 6.48. The molecule has 1 rings (SSSR count). The minimum atomic E-state index is -4.21. The Morgan fingerprint density at radius 2 is 2.25 bits per heavy atom. The fourth-order valence-corrected chi connectivity index (χ4v) is 1.14. The van der Waals surface area contributed by atoms with Gasteiger partial charge < -0.3 is 10.2 Å². The van der Waals surface area contributed by atoms with E-state index in [1.807, 2.05) is 0 Å². The van der Waals surface area contributed by atoms with Crippen LogP contribution in [0.1, 0.15) is 6.42 Å². The standard InChI is InChI=1S/C6H9F3N2O/c1-11-3-4(10-5(11)12)2-6(7,8)9/h4H,2-3H2,1H3,(H,10,12)/t4-/m0/s1. The Bertz CT molecular complexity index is 192. The van der Waals surface area contributed by atoms with E-state index in [0.29, 0.717) is 0 Å². The average Bonchev–Trinajstić information content (AvgIpc) is 2.07. The second-order valence-corrected chi connectivity index (χ2v) is 2.85. The van der Waals surface area contributed by atoms with Gasteiger partial charge in [0.1, 0.15) is 0 Å². The largest absolute Gasteiger partial charge is 0.391 e. The first-order valence-corrected chi connectivity index (χ1v) is 3.47. The molecule has 2 amide bonds. The molecule has 1 N–H and O–H groups in total. The number of hydrogen-bond donors (Lipinski definition) is 1. The molecule has 0 aromatic rings. The molecule has 3 nitrogen and oxygen atoms in total. The topological polar surface area (TPSA) is 32.3 Å². The molecule has 1 fully saturated rings. The first-order valence-electron chi connectivity index (χ1n) is 3.47. The summed E-state index contributed by atoms with van der Waals surface area (Å²) < 4.78 is 35.4. The number of hydrogen-bond acceptors (Lipinski definition) is 1. The number of likely N-dealkylation sites (N-methyl/N-ethyl adjacent to an activating group) is 1. The molecule has 1 heterocycles. The van der Waals surface area contributed by atoms with Crippen molar-refractivity contribution in [3.8, 4) is 0 Å². The van der Waals surface area contributed by atoms with E-state index in [-0.39, 0.29) is 6.54 Å². The van der Waals surface area contributed by atoms with Crippen molar-refractivity contribution in [3.05, 3.63) is 0 Å². The number of urea groups is 1. The van der Waals surface area contributed by atoms with E-state index in [4.69, 9.17) is 0 Å². The van der Waals surface area contributed by atoms with Gasteiger partial charge in [0.25, 0.3) is 0 Å². The van der Waals surface area contributed by atoms with Crippen molar-refractivity contribution in [3.63, 3.8) is 0 Å². The van der Waals surface area contributed by atoms with Crippen LogP contribution >= 0.6 is 0 Å². The van der Waals surface area contributed by atoms with Crippen LogP contribution in [0.2, 0.25) is 0 Å². The third-order valence-electron chi connectivity index (χ3n) is 1.65. The van der Waals surface area contributed by atoms with Crippen LogP contribution in [-0.4, -0.2) is 36.7 Å². The molecule has 0 saturated carbocycles. The number of nitrogens with zero attached hydrogens (tertiary/aromatic N) is 1. The quantitative estimate of drug-likeness (QED) is 0.643. The third kappa shape index (κ3) is 2.28. The van der Waals surface area contributed by atoms with Crippen molar-refractivity contribution in [2.24, 2.45) is 0 Å². The normalized spacial score (nSPS) is 24.5. The van der Waals surface area contributed by atoms with Gasteiger partial charge in [-0.25, -0.2) is 4.79 Å². The molecule has 1 saturated heterocycles. The predicted molar refractivity (Wildman–Crippen MR) is 35.6 cm³/mol. The summed E-state index contributed by atoms with van der Waals surface area (Å²) in [6.45, 7) is 0.123. The Labute approximate surface area is 67.5 Å². The van der Waals surface area contributed by atoms with Gasteiger partial charge in [-0.2, -0.15) is 13.2 Å². The molecule has 1 aliphatic rings. The molecule has 0 radical (unpaired) electrons. The summed E-state index contributed by atoms with van der Waals surface area (Å²) in [5, 5.41) is 2.23. The Kier molecular flexibility index (Phi) is 2.16. The van der Waals surface area contributed by atoms with Crippen LogP contribution in [0.3, 0.4) is 0 Å². The minimum absolute atomic E-state index is 0.123. The van der Waals surface area contributed by atoms with Crippen LogP contribution in [-0.2, 0) is 0 Å². The number of alkyl halides is 3. The van der Waals surface area contributed by atoms with Crippen molar-refractivity contribution >= 4 is 6.03 Å². The van der Waals surface area contributed by atoms with Crippen LogP contribution in [0, 0.1) is 0 Å². The molecular weight excluding hydrogens is 173 g/mol. The molecular formula is C6H9F3N2O. The van der Waals surface area contributed by atoms with Crippen molar-refractivity contribution < 1.29 is 18.0 Å². The van der Waals surface area contributed by atoms with Crippen molar-refractivity contribution in [2.45, 2.75) is 18.6 Å². The van der Waals surface area contributed by atoms with E-state index in [2.05, 4.69) is 5.32 Å². The maximum absolute atomic E-state index is 11.8. The maximum Gasteiger partial charge on any atom is 0.391 e. The van der Waals surface area contributed by atoms with Gasteiger partial charge in [-0.15, -0.1) is 0 Å². The molecule has 0 unspecified atom stereocenters. The monoisotopic (exact) mass is 182 g/mol. The Morgan fingerprint density at radius 1 is 1.67 bits per heavy atom. The van der Waals surface area contributed by atoms with Gasteiger partial charge in [-0.1, -0.05) is 0 Å². The fourth-order valence-electron chi connectivity index (χ4n) is 1.14. The lowest BCUT2D eigenvalue weighted by atomic mass is 10.2. The van der Waals surface area contributed by atoms with E-state index in [1.165, 1.54) is 11.9 Å². The summed E-state index contributed by atoms with van der Waals surface area (Å²) >= 11 is 0. The van der Waals surface area contributed by atoms with Crippen LogP contribution in [0.25, 0.3) is 0 Å². The average molecular weight is 182 g/mol. The lowest BCUT2D eigenvalue weighted by molar-refractivity contribution is -0.138. The highest BCUT2D eigenvalue weighted by atomic mass is 19.4. The molecule has 0 bridgehead atoms. The summed E-state index contributed by atoms with van der Waals surface area (Å²) in [5.41, 5.74) is 0. The van der Waals surface area contributed by atoms with E-state index >= 15 is 0 Å². The van der Waals surface area contributed by atoms with Gasteiger partial charge >= 0.3 is 12.2 Å². The summed E-state index contributed by atoms with van der Waals surface area (Å²) in [6.07, 6.45) is -5.16. The lowest BCUT2D eigenvalue weighted by Crippen LogP contribution is -2.31. The van der Waals surface area contributed by atoms with Crippen LogP contribution in [0.5, 0.6) is 0 Å². The van der Waals surface area contributed by atoms with Gasteiger partial charge in [0.15, 0.2) is 0 Å². The molecule has 1 aliphatic heterocycles. The molecule has 6 heteroatoms. The van der Waals surface area contributed by atoms with Crippen LogP contribution in [0.15, 0.2) is 0 Å². The first kappa shape index (κ1) is 9.15. The SMILES string of the molecule is CN1C[C@H](CC(F)(F)F)NC1=O. The molecule has 0 spiro atoms. The highest BCUT2D eigenvalue weighted by molar-refractivity contribution is 5.76.